The second kappa shape index (κ2) is 8.50. The molecule has 4 rings (SSSR count). The number of aromatic nitrogens is 1. The number of nitrogens with one attached hydrogen (secondary N) is 2. The Morgan fingerprint density at radius 3 is 2.93 bits per heavy atom. The number of fused-ring (bicyclic) bond motifs is 1. The summed E-state index contributed by atoms with van der Waals surface area (Å²) < 4.78 is 5.52. The van der Waals surface area contributed by atoms with Gasteiger partial charge in [-0.05, 0) is 29.7 Å². The maximum absolute atomic E-state index is 12.9. The van der Waals surface area contributed by atoms with Gasteiger partial charge in [0.2, 0.25) is 11.8 Å². The van der Waals surface area contributed by atoms with E-state index in [0.29, 0.717) is 49.8 Å². The zero-order chi connectivity index (χ0) is 21.1. The second-order valence-corrected chi connectivity index (χ2v) is 7.21. The van der Waals surface area contributed by atoms with Crippen molar-refractivity contribution in [3.63, 3.8) is 0 Å². The first-order valence-corrected chi connectivity index (χ1v) is 9.85. The van der Waals surface area contributed by atoms with E-state index in [1.165, 1.54) is 0 Å². The topological polar surface area (TPSA) is 127 Å². The number of ether oxygens (including phenoxy) is 1. The SMILES string of the molecule is NCCOc1ccnc(NCc2cccc3c2CN(C2CCC(=O)NC2=O)C3=O)c1. The van der Waals surface area contributed by atoms with Gasteiger partial charge in [0.05, 0.1) is 0 Å². The third-order valence-corrected chi connectivity index (χ3v) is 5.26. The Balaban J connectivity index is 1.48. The maximum Gasteiger partial charge on any atom is 0.255 e. The van der Waals surface area contributed by atoms with Crippen molar-refractivity contribution in [1.29, 1.82) is 0 Å². The molecule has 30 heavy (non-hydrogen) atoms. The fourth-order valence-corrected chi connectivity index (χ4v) is 3.78. The molecular weight excluding hydrogens is 386 g/mol. The highest BCUT2D eigenvalue weighted by molar-refractivity contribution is 6.05. The highest BCUT2D eigenvalue weighted by Gasteiger charge is 2.39. The van der Waals surface area contributed by atoms with Gasteiger partial charge in [-0.1, -0.05) is 12.1 Å². The smallest absolute Gasteiger partial charge is 0.255 e. The number of carbonyl (C=O) groups is 3. The molecule has 3 amide bonds. The van der Waals surface area contributed by atoms with E-state index in [-0.39, 0.29) is 18.2 Å². The molecule has 1 aromatic heterocycles. The number of rotatable bonds is 7. The van der Waals surface area contributed by atoms with Gasteiger partial charge in [0.1, 0.15) is 24.2 Å². The van der Waals surface area contributed by atoms with Crippen LogP contribution in [0.15, 0.2) is 36.5 Å². The van der Waals surface area contributed by atoms with E-state index < -0.39 is 11.9 Å². The molecule has 0 spiro atoms. The fraction of sp³-hybridized carbons (Fsp3) is 0.333. The van der Waals surface area contributed by atoms with Crippen molar-refractivity contribution < 1.29 is 19.1 Å². The van der Waals surface area contributed by atoms with Crippen LogP contribution in [0, 0.1) is 0 Å². The fourth-order valence-electron chi connectivity index (χ4n) is 3.78. The molecule has 1 saturated heterocycles. The van der Waals surface area contributed by atoms with Gasteiger partial charge in [-0.3, -0.25) is 19.7 Å². The van der Waals surface area contributed by atoms with Crippen molar-refractivity contribution in [1.82, 2.24) is 15.2 Å². The molecule has 156 valence electrons. The summed E-state index contributed by atoms with van der Waals surface area (Å²) in [4.78, 5) is 42.4. The molecule has 9 nitrogen and oxygen atoms in total. The highest BCUT2D eigenvalue weighted by atomic mass is 16.5. The van der Waals surface area contributed by atoms with Crippen LogP contribution in [0.4, 0.5) is 5.82 Å². The summed E-state index contributed by atoms with van der Waals surface area (Å²) >= 11 is 0. The minimum Gasteiger partial charge on any atom is -0.492 e. The van der Waals surface area contributed by atoms with E-state index in [9.17, 15) is 14.4 Å². The highest BCUT2D eigenvalue weighted by Crippen LogP contribution is 2.30. The average molecular weight is 409 g/mol. The lowest BCUT2D eigenvalue weighted by atomic mass is 10.0. The number of amides is 3. The lowest BCUT2D eigenvalue weighted by molar-refractivity contribution is -0.136. The number of benzene rings is 1. The van der Waals surface area contributed by atoms with E-state index in [1.807, 2.05) is 12.1 Å². The average Bonchev–Trinajstić information content (AvgIpc) is 3.08. The first kappa shape index (κ1) is 19.8. The largest absolute Gasteiger partial charge is 0.492 e. The van der Waals surface area contributed by atoms with Crippen LogP contribution in [0.3, 0.4) is 0 Å². The summed E-state index contributed by atoms with van der Waals surface area (Å²) in [6.45, 7) is 1.66. The Morgan fingerprint density at radius 2 is 2.13 bits per heavy atom. The van der Waals surface area contributed by atoms with Gasteiger partial charge in [0.15, 0.2) is 0 Å². The van der Waals surface area contributed by atoms with Gasteiger partial charge < -0.3 is 20.7 Å². The molecule has 1 unspecified atom stereocenters. The molecule has 3 heterocycles. The Morgan fingerprint density at radius 1 is 1.27 bits per heavy atom. The molecule has 2 aliphatic rings. The van der Waals surface area contributed by atoms with Gasteiger partial charge in [-0.25, -0.2) is 4.98 Å². The van der Waals surface area contributed by atoms with E-state index in [0.717, 1.165) is 11.1 Å². The van der Waals surface area contributed by atoms with E-state index in [1.54, 1.807) is 29.3 Å². The molecule has 0 saturated carbocycles. The summed E-state index contributed by atoms with van der Waals surface area (Å²) in [5.74, 6) is 0.432. The predicted octanol–water partition coefficient (Wildman–Crippen LogP) is 0.792. The van der Waals surface area contributed by atoms with Crippen LogP contribution in [-0.4, -0.2) is 46.8 Å². The molecule has 0 radical (unpaired) electrons. The van der Waals surface area contributed by atoms with Crippen molar-refractivity contribution in [3.8, 4) is 5.75 Å². The van der Waals surface area contributed by atoms with Crippen LogP contribution >= 0.6 is 0 Å². The molecule has 1 aromatic carbocycles. The van der Waals surface area contributed by atoms with Crippen molar-refractivity contribution in [2.75, 3.05) is 18.5 Å². The Bertz CT molecular complexity index is 993. The number of hydrogen-bond donors (Lipinski definition) is 3. The van der Waals surface area contributed by atoms with Crippen LogP contribution in [0.1, 0.15) is 34.3 Å². The zero-order valence-electron chi connectivity index (χ0n) is 16.4. The molecule has 2 aromatic rings. The lowest BCUT2D eigenvalue weighted by Crippen LogP contribution is -2.52. The molecule has 9 heteroatoms. The number of piperidine rings is 1. The number of nitrogens with zero attached hydrogens (tertiary/aromatic N) is 2. The van der Waals surface area contributed by atoms with E-state index >= 15 is 0 Å². The van der Waals surface area contributed by atoms with Gasteiger partial charge >= 0.3 is 0 Å². The normalized spacial score (nSPS) is 18.2. The summed E-state index contributed by atoms with van der Waals surface area (Å²) in [7, 11) is 0. The summed E-state index contributed by atoms with van der Waals surface area (Å²) in [5.41, 5.74) is 7.89. The van der Waals surface area contributed by atoms with Gasteiger partial charge in [-0.2, -0.15) is 0 Å². The summed E-state index contributed by atoms with van der Waals surface area (Å²) in [5, 5.41) is 5.58. The standard InChI is InChI=1S/C21H23N5O4/c22-7-9-30-14-6-8-23-18(10-14)24-11-13-2-1-3-15-16(13)12-26(21(15)29)17-4-5-19(27)25-20(17)28/h1-3,6,8,10,17H,4-5,7,9,11-12,22H2,(H,23,24)(H,25,27,28). The van der Waals surface area contributed by atoms with Gasteiger partial charge in [-0.15, -0.1) is 0 Å². The second-order valence-electron chi connectivity index (χ2n) is 7.21. The molecule has 1 atom stereocenters. The van der Waals surface area contributed by atoms with Crippen molar-refractivity contribution in [3.05, 3.63) is 53.2 Å². The quantitative estimate of drug-likeness (QED) is 0.577. The Kier molecular flexibility index (Phi) is 5.62. The van der Waals surface area contributed by atoms with Crippen LogP contribution in [0.5, 0.6) is 5.75 Å². The zero-order valence-corrected chi connectivity index (χ0v) is 16.4. The minimum absolute atomic E-state index is 0.184. The number of anilines is 1. The molecule has 4 N–H and O–H groups in total. The minimum atomic E-state index is -0.624. The number of hydrogen-bond acceptors (Lipinski definition) is 7. The molecule has 0 bridgehead atoms. The first-order chi connectivity index (χ1) is 14.6. The summed E-state index contributed by atoms with van der Waals surface area (Å²) in [6.07, 6.45) is 2.23. The number of nitrogens with two attached hydrogens (primary N) is 1. The Hall–Kier alpha value is -3.46. The number of imide groups is 1. The summed E-state index contributed by atoms with van der Waals surface area (Å²) in [6, 6.07) is 8.48. The number of carbonyl (C=O) groups excluding carboxylic acids is 3. The monoisotopic (exact) mass is 409 g/mol. The van der Waals surface area contributed by atoms with Crippen molar-refractivity contribution in [2.24, 2.45) is 5.73 Å². The predicted molar refractivity (Wildman–Crippen MR) is 109 cm³/mol. The van der Waals surface area contributed by atoms with E-state index in [2.05, 4.69) is 15.6 Å². The van der Waals surface area contributed by atoms with Crippen LogP contribution < -0.4 is 21.1 Å². The molecule has 1 fully saturated rings. The Labute approximate surface area is 173 Å². The maximum atomic E-state index is 12.9. The third kappa shape index (κ3) is 3.97. The van der Waals surface area contributed by atoms with Crippen LogP contribution in [-0.2, 0) is 22.7 Å². The first-order valence-electron chi connectivity index (χ1n) is 9.85. The van der Waals surface area contributed by atoms with Crippen molar-refractivity contribution >= 4 is 23.5 Å². The van der Waals surface area contributed by atoms with Gasteiger partial charge in [0.25, 0.3) is 5.91 Å². The van der Waals surface area contributed by atoms with Crippen LogP contribution in [0.25, 0.3) is 0 Å². The van der Waals surface area contributed by atoms with Crippen LogP contribution in [0.2, 0.25) is 0 Å². The third-order valence-electron chi connectivity index (χ3n) is 5.26. The molecule has 2 aliphatic heterocycles. The van der Waals surface area contributed by atoms with E-state index in [4.69, 9.17) is 10.5 Å². The van der Waals surface area contributed by atoms with Gasteiger partial charge in [0, 0.05) is 43.9 Å². The molecular formula is C21H23N5O4. The number of pyridine rings is 1. The van der Waals surface area contributed by atoms with Crippen molar-refractivity contribution in [2.45, 2.75) is 32.0 Å². The lowest BCUT2D eigenvalue weighted by Gasteiger charge is -2.29. The molecule has 0 aliphatic carbocycles.